The highest BCUT2D eigenvalue weighted by atomic mass is 32.1. The molecule has 0 amide bonds. The van der Waals surface area contributed by atoms with Crippen molar-refractivity contribution in [2.24, 2.45) is 0 Å². The molecule has 112 valence electrons. The summed E-state index contributed by atoms with van der Waals surface area (Å²) in [5.41, 5.74) is 11.0. The topological polar surface area (TPSA) is 64.7 Å². The van der Waals surface area contributed by atoms with E-state index >= 15 is 0 Å². The number of aromatic nitrogens is 3. The zero-order valence-electron chi connectivity index (χ0n) is 12.9. The fraction of sp³-hybridized carbons (Fsp3) is 0.235. The van der Waals surface area contributed by atoms with Gasteiger partial charge in [0.25, 0.3) is 0 Å². The molecule has 0 fully saturated rings. The smallest absolute Gasteiger partial charge is 0.203 e. The second-order valence-electron chi connectivity index (χ2n) is 5.55. The fourth-order valence-corrected chi connectivity index (χ4v) is 3.02. The van der Waals surface area contributed by atoms with Gasteiger partial charge in [0.05, 0.1) is 5.69 Å². The molecule has 0 saturated carbocycles. The zero-order valence-corrected chi connectivity index (χ0v) is 13.7. The van der Waals surface area contributed by atoms with E-state index in [0.717, 1.165) is 27.5 Å². The molecular formula is C17H18N4S. The number of aryl methyl sites for hydroxylation is 1. The summed E-state index contributed by atoms with van der Waals surface area (Å²) < 4.78 is 0. The second-order valence-corrected chi connectivity index (χ2v) is 6.56. The second kappa shape index (κ2) is 5.85. The van der Waals surface area contributed by atoms with E-state index in [1.165, 1.54) is 16.9 Å². The largest absolute Gasteiger partial charge is 0.374 e. The van der Waals surface area contributed by atoms with Crippen molar-refractivity contribution in [3.63, 3.8) is 0 Å². The van der Waals surface area contributed by atoms with Crippen LogP contribution in [0.5, 0.6) is 0 Å². The van der Waals surface area contributed by atoms with Gasteiger partial charge in [-0.25, -0.2) is 0 Å². The predicted molar refractivity (Wildman–Crippen MR) is 91.8 cm³/mol. The molecule has 0 aliphatic carbocycles. The van der Waals surface area contributed by atoms with E-state index in [-0.39, 0.29) is 0 Å². The van der Waals surface area contributed by atoms with Gasteiger partial charge < -0.3 is 5.73 Å². The van der Waals surface area contributed by atoms with E-state index in [1.54, 1.807) is 0 Å². The number of pyridine rings is 1. The highest BCUT2D eigenvalue weighted by Crippen LogP contribution is 2.29. The molecule has 2 heterocycles. The molecular weight excluding hydrogens is 292 g/mol. The molecule has 4 nitrogen and oxygen atoms in total. The van der Waals surface area contributed by atoms with Crippen molar-refractivity contribution in [1.82, 2.24) is 15.2 Å². The normalized spacial score (nSPS) is 11.1. The predicted octanol–water partition coefficient (Wildman–Crippen LogP) is 4.28. The lowest BCUT2D eigenvalue weighted by Crippen LogP contribution is -1.92. The van der Waals surface area contributed by atoms with Crippen LogP contribution in [0.2, 0.25) is 0 Å². The lowest BCUT2D eigenvalue weighted by molar-refractivity contribution is 0.867. The molecule has 5 heteroatoms. The SMILES string of the molecule is Cc1nc(-c2ccc(C(C)C)cc2)ccc1-c1nnc(N)s1. The highest BCUT2D eigenvalue weighted by Gasteiger charge is 2.10. The highest BCUT2D eigenvalue weighted by molar-refractivity contribution is 7.18. The minimum absolute atomic E-state index is 0.475. The lowest BCUT2D eigenvalue weighted by atomic mass is 10.0. The summed E-state index contributed by atoms with van der Waals surface area (Å²) in [5.74, 6) is 0.536. The summed E-state index contributed by atoms with van der Waals surface area (Å²) in [6, 6.07) is 12.6. The summed E-state index contributed by atoms with van der Waals surface area (Å²) in [5, 5.41) is 9.23. The summed E-state index contributed by atoms with van der Waals surface area (Å²) >= 11 is 1.38. The Balaban J connectivity index is 1.94. The van der Waals surface area contributed by atoms with Crippen molar-refractivity contribution in [1.29, 1.82) is 0 Å². The summed E-state index contributed by atoms with van der Waals surface area (Å²) in [6.45, 7) is 6.37. The Morgan fingerprint density at radius 1 is 1.00 bits per heavy atom. The van der Waals surface area contributed by atoms with Crippen LogP contribution < -0.4 is 5.73 Å². The fourth-order valence-electron chi connectivity index (χ4n) is 2.33. The van der Waals surface area contributed by atoms with Gasteiger partial charge in [-0.1, -0.05) is 49.4 Å². The van der Waals surface area contributed by atoms with E-state index in [4.69, 9.17) is 10.7 Å². The van der Waals surface area contributed by atoms with Gasteiger partial charge in [0.15, 0.2) is 5.01 Å². The van der Waals surface area contributed by atoms with Crippen LogP contribution in [0.25, 0.3) is 21.8 Å². The van der Waals surface area contributed by atoms with Crippen molar-refractivity contribution >= 4 is 16.5 Å². The van der Waals surface area contributed by atoms with Gasteiger partial charge in [-0.05, 0) is 30.5 Å². The number of nitrogens with two attached hydrogens (primary N) is 1. The first-order chi connectivity index (χ1) is 10.5. The third-order valence-corrected chi connectivity index (χ3v) is 4.42. The molecule has 0 radical (unpaired) electrons. The zero-order chi connectivity index (χ0) is 15.7. The number of rotatable bonds is 3. The first kappa shape index (κ1) is 14.7. The molecule has 0 unspecified atom stereocenters. The molecule has 0 spiro atoms. The number of hydrogen-bond donors (Lipinski definition) is 1. The quantitative estimate of drug-likeness (QED) is 0.784. The van der Waals surface area contributed by atoms with Gasteiger partial charge in [-0.15, -0.1) is 10.2 Å². The standard InChI is InChI=1S/C17H18N4S/c1-10(2)12-4-6-13(7-5-12)15-9-8-14(11(3)19-15)16-20-21-17(18)22-16/h4-10H,1-3H3,(H2,18,21). The maximum Gasteiger partial charge on any atom is 0.203 e. The van der Waals surface area contributed by atoms with E-state index in [2.05, 4.69) is 48.3 Å². The van der Waals surface area contributed by atoms with E-state index in [1.807, 2.05) is 19.1 Å². The lowest BCUT2D eigenvalue weighted by Gasteiger charge is -2.08. The molecule has 0 atom stereocenters. The number of nitrogens with zero attached hydrogens (tertiary/aromatic N) is 3. The van der Waals surface area contributed by atoms with E-state index in [0.29, 0.717) is 11.0 Å². The van der Waals surface area contributed by atoms with Crippen LogP contribution in [-0.2, 0) is 0 Å². The molecule has 0 bridgehead atoms. The van der Waals surface area contributed by atoms with Gasteiger partial charge in [-0.3, -0.25) is 4.98 Å². The van der Waals surface area contributed by atoms with Crippen molar-refractivity contribution in [2.75, 3.05) is 5.73 Å². The van der Waals surface area contributed by atoms with Crippen LogP contribution in [0.15, 0.2) is 36.4 Å². The molecule has 0 aliphatic heterocycles. The number of hydrogen-bond acceptors (Lipinski definition) is 5. The minimum atomic E-state index is 0.475. The molecule has 22 heavy (non-hydrogen) atoms. The summed E-state index contributed by atoms with van der Waals surface area (Å²) in [7, 11) is 0. The van der Waals surface area contributed by atoms with Crippen LogP contribution in [-0.4, -0.2) is 15.2 Å². The first-order valence-electron chi connectivity index (χ1n) is 7.22. The number of anilines is 1. The minimum Gasteiger partial charge on any atom is -0.374 e. The van der Waals surface area contributed by atoms with Crippen molar-refractivity contribution in [2.45, 2.75) is 26.7 Å². The average molecular weight is 310 g/mol. The van der Waals surface area contributed by atoms with Crippen molar-refractivity contribution < 1.29 is 0 Å². The Kier molecular flexibility index (Phi) is 3.90. The van der Waals surface area contributed by atoms with Crippen LogP contribution in [0, 0.1) is 6.92 Å². The Hall–Kier alpha value is -2.27. The summed E-state index contributed by atoms with van der Waals surface area (Å²) in [4.78, 5) is 4.70. The van der Waals surface area contributed by atoms with Gasteiger partial charge in [-0.2, -0.15) is 0 Å². The number of benzene rings is 1. The average Bonchev–Trinajstić information content (AvgIpc) is 2.93. The Morgan fingerprint density at radius 2 is 1.73 bits per heavy atom. The summed E-state index contributed by atoms with van der Waals surface area (Å²) in [6.07, 6.45) is 0. The molecule has 2 N–H and O–H groups in total. The van der Waals surface area contributed by atoms with Crippen LogP contribution in [0.3, 0.4) is 0 Å². The van der Waals surface area contributed by atoms with E-state index < -0.39 is 0 Å². The molecule has 1 aromatic carbocycles. The molecule has 0 saturated heterocycles. The maximum atomic E-state index is 5.65. The van der Waals surface area contributed by atoms with Crippen molar-refractivity contribution in [3.8, 4) is 21.8 Å². The third-order valence-electron chi connectivity index (χ3n) is 3.63. The van der Waals surface area contributed by atoms with Crippen LogP contribution >= 0.6 is 11.3 Å². The maximum absolute atomic E-state index is 5.65. The first-order valence-corrected chi connectivity index (χ1v) is 8.03. The van der Waals surface area contributed by atoms with Crippen LogP contribution in [0.1, 0.15) is 31.0 Å². The third kappa shape index (κ3) is 2.85. The number of nitrogen functional groups attached to an aromatic ring is 1. The van der Waals surface area contributed by atoms with Gasteiger partial charge in [0, 0.05) is 16.8 Å². The van der Waals surface area contributed by atoms with E-state index in [9.17, 15) is 0 Å². The van der Waals surface area contributed by atoms with Crippen LogP contribution in [0.4, 0.5) is 5.13 Å². The molecule has 3 rings (SSSR count). The van der Waals surface area contributed by atoms with Gasteiger partial charge in [0.2, 0.25) is 5.13 Å². The molecule has 0 aliphatic rings. The molecule has 2 aromatic heterocycles. The Labute approximate surface area is 134 Å². The monoisotopic (exact) mass is 310 g/mol. The Bertz CT molecular complexity index is 791. The Morgan fingerprint density at radius 3 is 2.27 bits per heavy atom. The molecule has 3 aromatic rings. The van der Waals surface area contributed by atoms with Gasteiger partial charge >= 0.3 is 0 Å². The van der Waals surface area contributed by atoms with Gasteiger partial charge in [0.1, 0.15) is 0 Å². The van der Waals surface area contributed by atoms with Crippen molar-refractivity contribution in [3.05, 3.63) is 47.7 Å².